The van der Waals surface area contributed by atoms with Crippen LogP contribution in [0.5, 0.6) is 0 Å². The molecule has 1 fully saturated rings. The quantitative estimate of drug-likeness (QED) is 0.785. The maximum absolute atomic E-state index is 13.0. The zero-order valence-corrected chi connectivity index (χ0v) is 12.0. The second-order valence-corrected chi connectivity index (χ2v) is 5.89. The second-order valence-electron chi connectivity index (χ2n) is 5.04. The first-order valence-corrected chi connectivity index (χ1v) is 7.07. The lowest BCUT2D eigenvalue weighted by Crippen LogP contribution is -2.43. The van der Waals surface area contributed by atoms with E-state index in [0.29, 0.717) is 12.1 Å². The van der Waals surface area contributed by atoms with Crippen LogP contribution < -0.4 is 0 Å². The minimum absolute atomic E-state index is 0.180. The molecule has 17 heavy (non-hydrogen) atoms. The smallest absolute Gasteiger partial charge is 0.124 e. The highest BCUT2D eigenvalue weighted by Crippen LogP contribution is 2.27. The molecule has 1 aromatic rings. The molecule has 1 aliphatic rings. The summed E-state index contributed by atoms with van der Waals surface area (Å²) in [6.45, 7) is 5.48. The average Bonchev–Trinajstić information content (AvgIpc) is 2.26. The molecule has 0 aromatic heterocycles. The molecular weight excluding hydrogens is 281 g/mol. The monoisotopic (exact) mass is 299 g/mol. The fraction of sp³-hybridized carbons (Fsp3) is 0.571. The first-order valence-electron chi connectivity index (χ1n) is 6.27. The lowest BCUT2D eigenvalue weighted by atomic mass is 9.97. The summed E-state index contributed by atoms with van der Waals surface area (Å²) in [5.74, 6) is -0.180. The molecule has 1 saturated heterocycles. The van der Waals surface area contributed by atoms with Gasteiger partial charge in [0.25, 0.3) is 0 Å². The number of halogens is 2. The van der Waals surface area contributed by atoms with Crippen molar-refractivity contribution in [3.63, 3.8) is 0 Å². The molecule has 0 N–H and O–H groups in total. The van der Waals surface area contributed by atoms with Crippen molar-refractivity contribution < 1.29 is 4.39 Å². The summed E-state index contributed by atoms with van der Waals surface area (Å²) in [6, 6.07) is 6.22. The molecular formula is C14H19BrFN. The van der Waals surface area contributed by atoms with Crippen molar-refractivity contribution in [2.24, 2.45) is 0 Å². The molecule has 3 heteroatoms. The lowest BCUT2D eigenvalue weighted by Gasteiger charge is -2.39. The van der Waals surface area contributed by atoms with Gasteiger partial charge in [-0.25, -0.2) is 4.39 Å². The van der Waals surface area contributed by atoms with E-state index in [0.717, 1.165) is 11.0 Å². The zero-order valence-electron chi connectivity index (χ0n) is 10.4. The number of rotatable bonds is 2. The van der Waals surface area contributed by atoms with Gasteiger partial charge < -0.3 is 0 Å². The Morgan fingerprint density at radius 1 is 1.29 bits per heavy atom. The molecule has 0 saturated carbocycles. The lowest BCUT2D eigenvalue weighted by molar-refractivity contribution is 0.0950. The van der Waals surface area contributed by atoms with Gasteiger partial charge >= 0.3 is 0 Å². The van der Waals surface area contributed by atoms with Crippen molar-refractivity contribution in [3.8, 4) is 0 Å². The molecule has 0 amide bonds. The number of hydrogen-bond acceptors (Lipinski definition) is 1. The molecule has 0 spiro atoms. The van der Waals surface area contributed by atoms with Crippen LogP contribution in [0.2, 0.25) is 0 Å². The van der Waals surface area contributed by atoms with Gasteiger partial charge in [0.15, 0.2) is 0 Å². The topological polar surface area (TPSA) is 3.24 Å². The normalized spacial score (nSPS) is 26.1. The van der Waals surface area contributed by atoms with Crippen molar-refractivity contribution in [2.45, 2.75) is 51.7 Å². The maximum Gasteiger partial charge on any atom is 0.124 e. The van der Waals surface area contributed by atoms with Crippen LogP contribution in [0, 0.1) is 5.82 Å². The van der Waals surface area contributed by atoms with Crippen LogP contribution in [0.25, 0.3) is 0 Å². The van der Waals surface area contributed by atoms with Gasteiger partial charge in [0.05, 0.1) is 0 Å². The number of likely N-dealkylation sites (tertiary alicyclic amines) is 1. The molecule has 0 unspecified atom stereocenters. The van der Waals surface area contributed by atoms with Crippen molar-refractivity contribution in [1.82, 2.24) is 4.90 Å². The van der Waals surface area contributed by atoms with Crippen LogP contribution in [-0.2, 0) is 6.54 Å². The van der Waals surface area contributed by atoms with Gasteiger partial charge in [-0.05, 0) is 44.4 Å². The van der Waals surface area contributed by atoms with Crippen LogP contribution in [0.1, 0.15) is 38.7 Å². The van der Waals surface area contributed by atoms with Gasteiger partial charge in [-0.2, -0.15) is 0 Å². The largest absolute Gasteiger partial charge is 0.294 e. The highest BCUT2D eigenvalue weighted by Gasteiger charge is 2.24. The Hall–Kier alpha value is -0.410. The summed E-state index contributed by atoms with van der Waals surface area (Å²) >= 11 is 3.45. The van der Waals surface area contributed by atoms with E-state index in [1.165, 1.54) is 24.8 Å². The first kappa shape index (κ1) is 13.0. The number of benzene rings is 1. The Morgan fingerprint density at radius 2 is 1.94 bits per heavy atom. The summed E-state index contributed by atoms with van der Waals surface area (Å²) in [6.07, 6.45) is 3.86. The van der Waals surface area contributed by atoms with Gasteiger partial charge in [0.1, 0.15) is 5.82 Å². The fourth-order valence-corrected chi connectivity index (χ4v) is 3.11. The van der Waals surface area contributed by atoms with Crippen LogP contribution in [0.4, 0.5) is 4.39 Å². The minimum Gasteiger partial charge on any atom is -0.294 e. The molecule has 2 rings (SSSR count). The standard InChI is InChI=1S/C14H19BrFN/c1-10-4-3-5-11(2)17(10)9-12-6-7-13(16)8-14(12)15/h6-8,10-11H,3-5,9H2,1-2H3/t10-,11+. The van der Waals surface area contributed by atoms with Crippen LogP contribution in [-0.4, -0.2) is 17.0 Å². The predicted molar refractivity (Wildman–Crippen MR) is 72.4 cm³/mol. The molecule has 0 bridgehead atoms. The van der Waals surface area contributed by atoms with Crippen molar-refractivity contribution >= 4 is 15.9 Å². The van der Waals surface area contributed by atoms with E-state index >= 15 is 0 Å². The fourth-order valence-electron chi connectivity index (χ4n) is 2.63. The third-order valence-electron chi connectivity index (χ3n) is 3.74. The molecule has 0 aliphatic carbocycles. The Balaban J connectivity index is 2.13. The molecule has 1 aromatic carbocycles. The van der Waals surface area contributed by atoms with Gasteiger partial charge in [-0.1, -0.05) is 28.4 Å². The van der Waals surface area contributed by atoms with Gasteiger partial charge in [-0.3, -0.25) is 4.90 Å². The molecule has 1 nitrogen and oxygen atoms in total. The third-order valence-corrected chi connectivity index (χ3v) is 4.48. The van der Waals surface area contributed by atoms with Crippen molar-refractivity contribution in [2.75, 3.05) is 0 Å². The van der Waals surface area contributed by atoms with E-state index < -0.39 is 0 Å². The molecule has 94 valence electrons. The van der Waals surface area contributed by atoms with Gasteiger partial charge in [-0.15, -0.1) is 0 Å². The van der Waals surface area contributed by atoms with E-state index in [9.17, 15) is 4.39 Å². The summed E-state index contributed by atoms with van der Waals surface area (Å²) in [4.78, 5) is 2.52. The van der Waals surface area contributed by atoms with Crippen molar-refractivity contribution in [3.05, 3.63) is 34.1 Å². The Labute approximate surface area is 111 Å². The Kier molecular flexibility index (Phi) is 4.21. The zero-order chi connectivity index (χ0) is 12.4. The maximum atomic E-state index is 13.0. The van der Waals surface area contributed by atoms with Gasteiger partial charge in [0, 0.05) is 23.1 Å². The third kappa shape index (κ3) is 3.08. The Bertz CT molecular complexity index is 384. The SMILES string of the molecule is C[C@@H]1CCC[C@H](C)N1Cc1ccc(F)cc1Br. The molecule has 1 heterocycles. The minimum atomic E-state index is -0.180. The summed E-state index contributed by atoms with van der Waals surface area (Å²) in [5, 5.41) is 0. The summed E-state index contributed by atoms with van der Waals surface area (Å²) < 4.78 is 13.9. The highest BCUT2D eigenvalue weighted by molar-refractivity contribution is 9.10. The second kappa shape index (κ2) is 5.49. The van der Waals surface area contributed by atoms with E-state index in [4.69, 9.17) is 0 Å². The van der Waals surface area contributed by atoms with E-state index in [2.05, 4.69) is 34.7 Å². The first-order chi connectivity index (χ1) is 8.08. The molecule has 0 radical (unpaired) electrons. The van der Waals surface area contributed by atoms with Crippen LogP contribution in [0.3, 0.4) is 0 Å². The van der Waals surface area contributed by atoms with E-state index in [-0.39, 0.29) is 5.82 Å². The summed E-state index contributed by atoms with van der Waals surface area (Å²) in [5.41, 5.74) is 1.17. The van der Waals surface area contributed by atoms with Crippen LogP contribution >= 0.6 is 15.9 Å². The number of nitrogens with zero attached hydrogens (tertiary/aromatic N) is 1. The van der Waals surface area contributed by atoms with Crippen molar-refractivity contribution in [1.29, 1.82) is 0 Å². The predicted octanol–water partition coefficient (Wildman–Crippen LogP) is 4.35. The van der Waals surface area contributed by atoms with Gasteiger partial charge in [0.2, 0.25) is 0 Å². The number of hydrogen-bond donors (Lipinski definition) is 0. The summed E-state index contributed by atoms with van der Waals surface area (Å²) in [7, 11) is 0. The number of piperidine rings is 1. The highest BCUT2D eigenvalue weighted by atomic mass is 79.9. The Morgan fingerprint density at radius 3 is 2.53 bits per heavy atom. The van der Waals surface area contributed by atoms with E-state index in [1.807, 2.05) is 6.07 Å². The van der Waals surface area contributed by atoms with Crippen LogP contribution in [0.15, 0.2) is 22.7 Å². The average molecular weight is 300 g/mol. The molecule has 1 aliphatic heterocycles. The molecule has 2 atom stereocenters. The van der Waals surface area contributed by atoms with E-state index in [1.54, 1.807) is 12.1 Å².